The average Bonchev–Trinajstić information content (AvgIpc) is 2.64. The molecular weight excluding hydrogens is 322 g/mol. The Balaban J connectivity index is 3.76. The summed E-state index contributed by atoms with van der Waals surface area (Å²) in [5.74, 6) is 0. The lowest BCUT2D eigenvalue weighted by Gasteiger charge is -2.22. The van der Waals surface area contributed by atoms with E-state index in [1.54, 1.807) is 0 Å². The van der Waals surface area contributed by atoms with Crippen LogP contribution in [0.1, 0.15) is 124 Å². The number of unbranched alkanes of at least 4 members (excludes halogenated alkanes) is 14. The molecule has 156 valence electrons. The minimum absolute atomic E-state index is 0.113. The Morgan fingerprint density at radius 1 is 0.577 bits per heavy atom. The number of carbonyl (C=O) groups is 1. The molecule has 0 saturated carbocycles. The Labute approximate surface area is 164 Å². The summed E-state index contributed by atoms with van der Waals surface area (Å²) in [6, 6.07) is 0. The summed E-state index contributed by atoms with van der Waals surface area (Å²) in [6.07, 6.45) is 20.7. The SMILES string of the molecule is CCCCCCCCCCN(CCCCCCCCCC)C(=O)OCC. The Morgan fingerprint density at radius 2 is 0.923 bits per heavy atom. The van der Waals surface area contributed by atoms with Gasteiger partial charge in [-0.3, -0.25) is 0 Å². The number of hydrogen-bond donors (Lipinski definition) is 0. The van der Waals surface area contributed by atoms with Gasteiger partial charge in [-0.2, -0.15) is 0 Å². The predicted molar refractivity (Wildman–Crippen MR) is 114 cm³/mol. The standard InChI is InChI=1S/C23H47NO2/c1-4-7-9-11-13-15-17-19-21-24(23(25)26-6-3)22-20-18-16-14-12-10-8-5-2/h4-22H2,1-3H3. The lowest BCUT2D eigenvalue weighted by atomic mass is 10.1. The van der Waals surface area contributed by atoms with E-state index in [4.69, 9.17) is 4.74 Å². The topological polar surface area (TPSA) is 29.5 Å². The highest BCUT2D eigenvalue weighted by Gasteiger charge is 2.13. The molecule has 0 aromatic carbocycles. The lowest BCUT2D eigenvalue weighted by Crippen LogP contribution is -2.33. The molecule has 0 saturated heterocycles. The first-order chi connectivity index (χ1) is 12.8. The zero-order valence-electron chi connectivity index (χ0n) is 18.2. The first-order valence-corrected chi connectivity index (χ1v) is 11.7. The molecule has 0 spiro atoms. The fourth-order valence-corrected chi connectivity index (χ4v) is 3.38. The van der Waals surface area contributed by atoms with Crippen LogP contribution in [0.15, 0.2) is 0 Å². The summed E-state index contributed by atoms with van der Waals surface area (Å²) in [4.78, 5) is 14.1. The summed E-state index contributed by atoms with van der Waals surface area (Å²) < 4.78 is 5.24. The molecule has 0 rings (SSSR count). The van der Waals surface area contributed by atoms with Crippen molar-refractivity contribution in [1.29, 1.82) is 0 Å². The van der Waals surface area contributed by atoms with E-state index in [9.17, 15) is 4.79 Å². The van der Waals surface area contributed by atoms with Crippen molar-refractivity contribution in [3.63, 3.8) is 0 Å². The second-order valence-corrected chi connectivity index (χ2v) is 7.64. The van der Waals surface area contributed by atoms with Crippen LogP contribution in [-0.4, -0.2) is 30.7 Å². The normalized spacial score (nSPS) is 10.9. The van der Waals surface area contributed by atoms with Crippen LogP contribution >= 0.6 is 0 Å². The van der Waals surface area contributed by atoms with Gasteiger partial charge in [-0.15, -0.1) is 0 Å². The van der Waals surface area contributed by atoms with Crippen LogP contribution in [0.5, 0.6) is 0 Å². The number of amides is 1. The van der Waals surface area contributed by atoms with Gasteiger partial charge in [0.25, 0.3) is 0 Å². The summed E-state index contributed by atoms with van der Waals surface area (Å²) in [5, 5.41) is 0. The molecule has 0 bridgehead atoms. The molecule has 0 aromatic rings. The van der Waals surface area contributed by atoms with Crippen LogP contribution in [0, 0.1) is 0 Å². The third kappa shape index (κ3) is 16.7. The second kappa shape index (κ2) is 20.6. The van der Waals surface area contributed by atoms with E-state index in [0.29, 0.717) is 6.61 Å². The Kier molecular flexibility index (Phi) is 20.0. The van der Waals surface area contributed by atoms with Crippen LogP contribution in [0.3, 0.4) is 0 Å². The van der Waals surface area contributed by atoms with E-state index in [-0.39, 0.29) is 6.09 Å². The van der Waals surface area contributed by atoms with Gasteiger partial charge in [0.15, 0.2) is 0 Å². The number of ether oxygens (including phenoxy) is 1. The van der Waals surface area contributed by atoms with Crippen LogP contribution in [-0.2, 0) is 4.74 Å². The van der Waals surface area contributed by atoms with Crippen molar-refractivity contribution < 1.29 is 9.53 Å². The van der Waals surface area contributed by atoms with Gasteiger partial charge in [0, 0.05) is 13.1 Å². The van der Waals surface area contributed by atoms with Gasteiger partial charge in [0.2, 0.25) is 0 Å². The molecule has 0 fully saturated rings. The second-order valence-electron chi connectivity index (χ2n) is 7.64. The molecule has 0 aromatic heterocycles. The van der Waals surface area contributed by atoms with Crippen LogP contribution in [0.2, 0.25) is 0 Å². The predicted octanol–water partition coefficient (Wildman–Crippen LogP) is 7.73. The highest BCUT2D eigenvalue weighted by Crippen LogP contribution is 2.11. The lowest BCUT2D eigenvalue weighted by molar-refractivity contribution is 0.105. The molecule has 3 heteroatoms. The Hall–Kier alpha value is -0.730. The van der Waals surface area contributed by atoms with Crippen LogP contribution < -0.4 is 0 Å². The molecule has 0 unspecified atom stereocenters. The third-order valence-electron chi connectivity index (χ3n) is 5.09. The number of nitrogens with zero attached hydrogens (tertiary/aromatic N) is 1. The Morgan fingerprint density at radius 3 is 1.27 bits per heavy atom. The maximum Gasteiger partial charge on any atom is 0.409 e. The van der Waals surface area contributed by atoms with Gasteiger partial charge in [0.05, 0.1) is 6.61 Å². The summed E-state index contributed by atoms with van der Waals surface area (Å²) in [7, 11) is 0. The van der Waals surface area contributed by atoms with E-state index in [0.717, 1.165) is 25.9 Å². The largest absolute Gasteiger partial charge is 0.450 e. The first-order valence-electron chi connectivity index (χ1n) is 11.7. The van der Waals surface area contributed by atoms with Crippen molar-refractivity contribution in [3.8, 4) is 0 Å². The van der Waals surface area contributed by atoms with Crippen LogP contribution in [0.4, 0.5) is 4.79 Å². The molecule has 26 heavy (non-hydrogen) atoms. The van der Waals surface area contributed by atoms with E-state index in [1.807, 2.05) is 11.8 Å². The number of rotatable bonds is 19. The maximum absolute atomic E-state index is 12.1. The monoisotopic (exact) mass is 369 g/mol. The minimum atomic E-state index is -0.113. The van der Waals surface area contributed by atoms with Crippen molar-refractivity contribution in [3.05, 3.63) is 0 Å². The van der Waals surface area contributed by atoms with E-state index >= 15 is 0 Å². The van der Waals surface area contributed by atoms with Crippen molar-refractivity contribution >= 4 is 6.09 Å². The van der Waals surface area contributed by atoms with Gasteiger partial charge in [-0.05, 0) is 19.8 Å². The fourth-order valence-electron chi connectivity index (χ4n) is 3.38. The Bertz CT molecular complexity index is 274. The quantitative estimate of drug-likeness (QED) is 0.218. The minimum Gasteiger partial charge on any atom is -0.450 e. The molecule has 0 aliphatic carbocycles. The highest BCUT2D eigenvalue weighted by atomic mass is 16.6. The first kappa shape index (κ1) is 25.3. The highest BCUT2D eigenvalue weighted by molar-refractivity contribution is 5.67. The maximum atomic E-state index is 12.1. The molecule has 0 atom stereocenters. The van der Waals surface area contributed by atoms with Gasteiger partial charge >= 0.3 is 6.09 Å². The van der Waals surface area contributed by atoms with Gasteiger partial charge in [0.1, 0.15) is 0 Å². The molecule has 0 radical (unpaired) electrons. The van der Waals surface area contributed by atoms with Crippen molar-refractivity contribution in [1.82, 2.24) is 4.90 Å². The molecule has 3 nitrogen and oxygen atoms in total. The summed E-state index contributed by atoms with van der Waals surface area (Å²) in [6.45, 7) is 8.62. The van der Waals surface area contributed by atoms with Gasteiger partial charge in [-0.25, -0.2) is 4.79 Å². The number of carbonyl (C=O) groups excluding carboxylic acids is 1. The zero-order chi connectivity index (χ0) is 19.3. The van der Waals surface area contributed by atoms with Crippen LogP contribution in [0.25, 0.3) is 0 Å². The molecule has 0 aliphatic heterocycles. The smallest absolute Gasteiger partial charge is 0.409 e. The average molecular weight is 370 g/mol. The number of hydrogen-bond acceptors (Lipinski definition) is 2. The summed E-state index contributed by atoms with van der Waals surface area (Å²) >= 11 is 0. The van der Waals surface area contributed by atoms with Crippen molar-refractivity contribution in [2.24, 2.45) is 0 Å². The van der Waals surface area contributed by atoms with Crippen molar-refractivity contribution in [2.75, 3.05) is 19.7 Å². The summed E-state index contributed by atoms with van der Waals surface area (Å²) in [5.41, 5.74) is 0. The molecular formula is C23H47NO2. The zero-order valence-corrected chi connectivity index (χ0v) is 18.2. The molecule has 1 amide bonds. The van der Waals surface area contributed by atoms with Crippen molar-refractivity contribution in [2.45, 2.75) is 124 Å². The fraction of sp³-hybridized carbons (Fsp3) is 0.957. The third-order valence-corrected chi connectivity index (χ3v) is 5.09. The molecule has 0 heterocycles. The molecule has 0 aliphatic rings. The van der Waals surface area contributed by atoms with Gasteiger partial charge in [-0.1, -0.05) is 104 Å². The van der Waals surface area contributed by atoms with E-state index in [1.165, 1.54) is 89.9 Å². The van der Waals surface area contributed by atoms with Gasteiger partial charge < -0.3 is 9.64 Å². The van der Waals surface area contributed by atoms with E-state index in [2.05, 4.69) is 13.8 Å². The van der Waals surface area contributed by atoms with E-state index < -0.39 is 0 Å². The molecule has 0 N–H and O–H groups in total.